The maximum Gasteiger partial charge on any atom is 0.0541 e. The third-order valence-electron chi connectivity index (χ3n) is 18.8. The van der Waals surface area contributed by atoms with Gasteiger partial charge in [-0.3, -0.25) is 0 Å². The molecule has 0 saturated heterocycles. The van der Waals surface area contributed by atoms with Gasteiger partial charge in [0.05, 0.1) is 22.1 Å². The minimum absolute atomic E-state index is 1.09. The fourth-order valence-electron chi connectivity index (χ4n) is 13.7. The highest BCUT2D eigenvalue weighted by molar-refractivity contribution is 9.10. The summed E-state index contributed by atoms with van der Waals surface area (Å²) in [7, 11) is 0. The summed E-state index contributed by atoms with van der Waals surface area (Å²) in [6.45, 7) is 4.00. The van der Waals surface area contributed by atoms with Gasteiger partial charge < -0.3 is 19.4 Å². The number of hydrogen-bond donors (Lipinski definition) is 1. The topological polar surface area (TPSA) is 25.1 Å². The number of aromatic nitrogens is 2. The molecule has 103 heavy (non-hydrogen) atoms. The maximum atomic E-state index is 3.50. The summed E-state index contributed by atoms with van der Waals surface area (Å²) in [5.74, 6) is 0. The Morgan fingerprint density at radius 3 is 0.650 bits per heavy atom. The maximum absolute atomic E-state index is 3.50. The van der Waals surface area contributed by atoms with E-state index in [1.165, 1.54) is 116 Å². The Bertz CT molecular complexity index is 5490. The molecule has 0 atom stereocenters. The van der Waals surface area contributed by atoms with Crippen molar-refractivity contribution in [3.05, 3.63) is 417 Å². The first-order valence-corrected chi connectivity index (χ1v) is 36.0. The Hall–Kier alpha value is -12.8. The Morgan fingerprint density at radius 1 is 0.204 bits per heavy atom. The molecule has 0 aliphatic rings. The molecule has 0 aliphatic heterocycles. The van der Waals surface area contributed by atoms with Crippen LogP contribution in [0.5, 0.6) is 0 Å². The SMILES string of the molecule is Brc1ccc(-c2ccc(-n3c4ccccc4c4ccccc43)cc2)cc1.CC.c1ccc(-c2ccc(N(c3ccc(-c4ccccc4)cc3)c3ccc(-c4ccc(-n5c6ccccc6c6ccccc65)cc4)cc3)cc2)cc1.c1ccc(-c2ccc(Nc3ccc(-c4ccccc4)cc3)cc2)cc1. The van der Waals surface area contributed by atoms with Gasteiger partial charge in [-0.25, -0.2) is 0 Å². The van der Waals surface area contributed by atoms with Crippen molar-refractivity contribution in [2.75, 3.05) is 10.2 Å². The molecule has 2 heterocycles. The molecule has 5 heteroatoms. The lowest BCUT2D eigenvalue weighted by atomic mass is 10.0. The van der Waals surface area contributed by atoms with E-state index in [2.05, 4.69) is 436 Å². The number of hydrogen-bond acceptors (Lipinski definition) is 2. The van der Waals surface area contributed by atoms with Gasteiger partial charge in [0.1, 0.15) is 0 Å². The normalized spacial score (nSPS) is 10.9. The van der Waals surface area contributed by atoms with Crippen molar-refractivity contribution in [2.45, 2.75) is 13.8 Å². The number of anilines is 5. The first-order chi connectivity index (χ1) is 51.0. The average Bonchev–Trinajstić information content (AvgIpc) is 1.76. The van der Waals surface area contributed by atoms with Crippen molar-refractivity contribution < 1.29 is 0 Å². The molecule has 494 valence electrons. The van der Waals surface area contributed by atoms with E-state index in [-0.39, 0.29) is 0 Å². The van der Waals surface area contributed by atoms with Gasteiger partial charge in [0, 0.05) is 65.8 Å². The summed E-state index contributed by atoms with van der Waals surface area (Å²) >= 11 is 3.50. The summed E-state index contributed by atoms with van der Waals surface area (Å²) in [5, 5.41) is 8.59. The van der Waals surface area contributed by atoms with Crippen LogP contribution in [0.2, 0.25) is 0 Å². The standard InChI is InChI=1S/C48H34N2.C24H16BrN.C24H19N.C2H6/c1-3-11-35(12-4-1)37-19-27-41(28-20-37)49(42-29-21-38(22-30-42)36-13-5-2-6-14-36)43-31-23-39(24-32-43)40-25-33-44(34-26-40)50-47-17-9-7-15-45(47)46-16-8-10-18-48(46)50;25-19-13-9-17(10-14-19)18-11-15-20(16-12-18)26-23-7-3-1-5-21(23)22-6-2-4-8-24(22)26;1-3-7-19(8-4-1)21-11-15-23(16-12-21)25-24-17-13-22(14-18-24)20-9-5-2-6-10-20;1-2/h1-34H;1-16H;1-18,25H;1-2H3. The van der Waals surface area contributed by atoms with Gasteiger partial charge in [0.25, 0.3) is 0 Å². The smallest absolute Gasteiger partial charge is 0.0541 e. The van der Waals surface area contributed by atoms with Gasteiger partial charge in [-0.15, -0.1) is 0 Å². The third-order valence-corrected chi connectivity index (χ3v) is 19.3. The zero-order valence-electron chi connectivity index (χ0n) is 57.5. The fourth-order valence-corrected chi connectivity index (χ4v) is 14.0. The van der Waals surface area contributed by atoms with E-state index in [9.17, 15) is 0 Å². The zero-order chi connectivity index (χ0) is 69.7. The first-order valence-electron chi connectivity index (χ1n) is 35.2. The van der Waals surface area contributed by atoms with E-state index in [1.54, 1.807) is 0 Å². The second kappa shape index (κ2) is 31.2. The van der Waals surface area contributed by atoms with E-state index in [4.69, 9.17) is 0 Å². The number of halogens is 1. The predicted molar refractivity (Wildman–Crippen MR) is 444 cm³/mol. The summed E-state index contributed by atoms with van der Waals surface area (Å²) in [5.41, 5.74) is 27.4. The Kier molecular flexibility index (Phi) is 20.0. The van der Waals surface area contributed by atoms with Crippen molar-refractivity contribution in [3.63, 3.8) is 0 Å². The third kappa shape index (κ3) is 14.6. The Morgan fingerprint density at radius 2 is 0.398 bits per heavy atom. The highest BCUT2D eigenvalue weighted by Gasteiger charge is 2.17. The van der Waals surface area contributed by atoms with Gasteiger partial charge in [0.15, 0.2) is 0 Å². The van der Waals surface area contributed by atoms with Crippen molar-refractivity contribution in [2.24, 2.45) is 0 Å². The molecule has 16 aromatic carbocycles. The van der Waals surface area contributed by atoms with Crippen LogP contribution in [-0.4, -0.2) is 9.13 Å². The van der Waals surface area contributed by atoms with E-state index in [0.717, 1.165) is 38.6 Å². The van der Waals surface area contributed by atoms with Gasteiger partial charge >= 0.3 is 0 Å². The highest BCUT2D eigenvalue weighted by atomic mass is 79.9. The molecule has 0 amide bonds. The number of nitrogens with zero attached hydrogens (tertiary/aromatic N) is 3. The number of benzene rings is 16. The number of fused-ring (bicyclic) bond motifs is 6. The van der Waals surface area contributed by atoms with Crippen LogP contribution in [0.15, 0.2) is 417 Å². The minimum Gasteiger partial charge on any atom is -0.356 e. The summed E-state index contributed by atoms with van der Waals surface area (Å²) in [6.07, 6.45) is 0. The van der Waals surface area contributed by atoms with E-state index < -0.39 is 0 Å². The van der Waals surface area contributed by atoms with Crippen LogP contribution >= 0.6 is 15.9 Å². The molecule has 0 saturated carbocycles. The van der Waals surface area contributed by atoms with Crippen molar-refractivity contribution >= 4 is 88.0 Å². The summed E-state index contributed by atoms with van der Waals surface area (Å²) in [6, 6.07) is 146. The molecular formula is C98H75BrN4. The molecular weight excluding hydrogens is 1310 g/mol. The largest absolute Gasteiger partial charge is 0.356 e. The molecule has 18 aromatic rings. The van der Waals surface area contributed by atoms with Crippen LogP contribution in [0.1, 0.15) is 13.8 Å². The molecule has 0 bridgehead atoms. The monoisotopic (exact) mass is 1390 g/mol. The molecule has 0 radical (unpaired) electrons. The van der Waals surface area contributed by atoms with Crippen LogP contribution in [0, 0.1) is 0 Å². The molecule has 0 spiro atoms. The van der Waals surface area contributed by atoms with Crippen LogP contribution in [0.4, 0.5) is 28.4 Å². The summed E-state index contributed by atoms with van der Waals surface area (Å²) in [4.78, 5) is 2.33. The lowest BCUT2D eigenvalue weighted by Gasteiger charge is -2.26. The van der Waals surface area contributed by atoms with Crippen molar-refractivity contribution in [3.8, 4) is 78.1 Å². The van der Waals surface area contributed by atoms with Gasteiger partial charge in [0.2, 0.25) is 0 Å². The van der Waals surface area contributed by atoms with Crippen LogP contribution in [-0.2, 0) is 0 Å². The van der Waals surface area contributed by atoms with Crippen LogP contribution in [0.3, 0.4) is 0 Å². The second-order valence-corrected chi connectivity index (χ2v) is 26.0. The lowest BCUT2D eigenvalue weighted by molar-refractivity contribution is 1.18. The van der Waals surface area contributed by atoms with Crippen molar-refractivity contribution in [1.29, 1.82) is 0 Å². The summed E-state index contributed by atoms with van der Waals surface area (Å²) < 4.78 is 5.81. The fraction of sp³-hybridized carbons (Fsp3) is 0.0204. The lowest BCUT2D eigenvalue weighted by Crippen LogP contribution is -2.09. The van der Waals surface area contributed by atoms with Gasteiger partial charge in [-0.2, -0.15) is 0 Å². The van der Waals surface area contributed by atoms with Crippen LogP contribution < -0.4 is 10.2 Å². The van der Waals surface area contributed by atoms with Gasteiger partial charge in [-0.1, -0.05) is 321 Å². The van der Waals surface area contributed by atoms with Crippen LogP contribution in [0.25, 0.3) is 122 Å². The molecule has 0 fully saturated rings. The number of rotatable bonds is 13. The molecule has 1 N–H and O–H groups in total. The Balaban J connectivity index is 0.000000135. The molecule has 0 aliphatic carbocycles. The zero-order valence-corrected chi connectivity index (χ0v) is 59.1. The second-order valence-electron chi connectivity index (χ2n) is 25.1. The van der Waals surface area contributed by atoms with Crippen molar-refractivity contribution in [1.82, 2.24) is 9.13 Å². The average molecular weight is 1390 g/mol. The first kappa shape index (κ1) is 66.1. The molecule has 4 nitrogen and oxygen atoms in total. The quantitative estimate of drug-likeness (QED) is 0.124. The van der Waals surface area contributed by atoms with E-state index >= 15 is 0 Å². The Labute approximate surface area is 612 Å². The molecule has 2 aromatic heterocycles. The minimum atomic E-state index is 1.09. The predicted octanol–water partition coefficient (Wildman–Crippen LogP) is 28.3. The highest BCUT2D eigenvalue weighted by Crippen LogP contribution is 2.40. The number of para-hydroxylation sites is 4. The van der Waals surface area contributed by atoms with E-state index in [0.29, 0.717) is 0 Å². The molecule has 0 unspecified atom stereocenters. The van der Waals surface area contributed by atoms with Gasteiger partial charge in [-0.05, 0) is 188 Å². The number of nitrogens with one attached hydrogen (secondary N) is 1. The molecule has 18 rings (SSSR count). The van der Waals surface area contributed by atoms with E-state index in [1.807, 2.05) is 26.0 Å².